The van der Waals surface area contributed by atoms with E-state index in [1.807, 2.05) is 16.3 Å². The molecule has 2 heterocycles. The first kappa shape index (κ1) is 12.1. The molecule has 1 aromatic rings. The zero-order chi connectivity index (χ0) is 12.1. The first-order valence-electron chi connectivity index (χ1n) is 5.32. The lowest BCUT2D eigenvalue weighted by Crippen LogP contribution is -2.70. The molecule has 0 atom stereocenters. The van der Waals surface area contributed by atoms with E-state index < -0.39 is 0 Å². The van der Waals surface area contributed by atoms with Gasteiger partial charge in [-0.3, -0.25) is 4.79 Å². The van der Waals surface area contributed by atoms with Gasteiger partial charge >= 0.3 is 0 Å². The average Bonchev–Trinajstić information content (AvgIpc) is 2.60. The number of rotatable bonds is 1. The van der Waals surface area contributed by atoms with Crippen molar-refractivity contribution < 1.29 is 4.79 Å². The molecule has 2 nitrogen and oxygen atoms in total. The minimum Gasteiger partial charge on any atom is -0.332 e. The van der Waals surface area contributed by atoms with Gasteiger partial charge in [-0.15, -0.1) is 11.3 Å². The van der Waals surface area contributed by atoms with Crippen molar-refractivity contribution in [3.63, 3.8) is 0 Å². The Kier molecular flexibility index (Phi) is 2.70. The van der Waals surface area contributed by atoms with Crippen molar-refractivity contribution in [1.82, 2.24) is 4.90 Å². The summed E-state index contributed by atoms with van der Waals surface area (Å²) in [6.45, 7) is 9.52. The molecule has 88 valence electrons. The highest BCUT2D eigenvalue weighted by atomic mass is 79.9. The topological polar surface area (TPSA) is 20.3 Å². The van der Waals surface area contributed by atoms with E-state index in [-0.39, 0.29) is 16.9 Å². The summed E-state index contributed by atoms with van der Waals surface area (Å²) in [6, 6.07) is 1.93. The summed E-state index contributed by atoms with van der Waals surface area (Å²) in [6.07, 6.45) is 0. The Balaban J connectivity index is 2.24. The van der Waals surface area contributed by atoms with Gasteiger partial charge in [0.1, 0.15) is 4.88 Å². The SMILES string of the molecule is CC1(C)CN(C(=O)c2sccc2Br)C1(C)C. The molecular weight excluding hydrogens is 286 g/mol. The molecule has 0 bridgehead atoms. The zero-order valence-electron chi connectivity index (χ0n) is 10.0. The van der Waals surface area contributed by atoms with Gasteiger partial charge in [-0.05, 0) is 41.2 Å². The Hall–Kier alpha value is -0.350. The minimum atomic E-state index is -0.0620. The van der Waals surface area contributed by atoms with E-state index in [4.69, 9.17) is 0 Å². The molecule has 0 saturated carbocycles. The second-order valence-electron chi connectivity index (χ2n) is 5.43. The van der Waals surface area contributed by atoms with Gasteiger partial charge in [0.05, 0.1) is 0 Å². The number of nitrogens with zero attached hydrogens (tertiary/aromatic N) is 1. The summed E-state index contributed by atoms with van der Waals surface area (Å²) < 4.78 is 0.906. The molecule has 1 aromatic heterocycles. The Morgan fingerprint density at radius 2 is 2.06 bits per heavy atom. The second-order valence-corrected chi connectivity index (χ2v) is 7.20. The Bertz CT molecular complexity index is 436. The van der Waals surface area contributed by atoms with E-state index in [9.17, 15) is 4.79 Å². The zero-order valence-corrected chi connectivity index (χ0v) is 12.4. The molecule has 0 aliphatic carbocycles. The highest BCUT2D eigenvalue weighted by Crippen LogP contribution is 2.47. The maximum atomic E-state index is 12.3. The smallest absolute Gasteiger partial charge is 0.265 e. The van der Waals surface area contributed by atoms with Crippen LogP contribution in [0.1, 0.15) is 37.4 Å². The lowest BCUT2D eigenvalue weighted by atomic mass is 9.65. The highest BCUT2D eigenvalue weighted by molar-refractivity contribution is 9.10. The summed E-state index contributed by atoms with van der Waals surface area (Å²) in [4.78, 5) is 15.1. The summed E-state index contributed by atoms with van der Waals surface area (Å²) in [5.74, 6) is 0.145. The van der Waals surface area contributed by atoms with E-state index in [0.29, 0.717) is 0 Å². The van der Waals surface area contributed by atoms with E-state index in [2.05, 4.69) is 43.6 Å². The van der Waals surface area contributed by atoms with Gasteiger partial charge in [0.15, 0.2) is 0 Å². The van der Waals surface area contributed by atoms with Crippen LogP contribution in [0.2, 0.25) is 0 Å². The molecule has 1 amide bonds. The third-order valence-electron chi connectivity index (χ3n) is 3.94. The van der Waals surface area contributed by atoms with Crippen molar-refractivity contribution in [2.45, 2.75) is 33.2 Å². The maximum absolute atomic E-state index is 12.3. The van der Waals surface area contributed by atoms with Crippen LogP contribution >= 0.6 is 27.3 Å². The molecular formula is C12H16BrNOS. The van der Waals surface area contributed by atoms with Gasteiger partial charge in [-0.25, -0.2) is 0 Å². The maximum Gasteiger partial charge on any atom is 0.265 e. The molecule has 1 saturated heterocycles. The average molecular weight is 302 g/mol. The van der Waals surface area contributed by atoms with Crippen LogP contribution in [0.25, 0.3) is 0 Å². The van der Waals surface area contributed by atoms with E-state index in [1.54, 1.807) is 0 Å². The molecule has 1 aliphatic heterocycles. The Morgan fingerprint density at radius 3 is 2.44 bits per heavy atom. The number of carbonyl (C=O) groups excluding carboxylic acids is 1. The first-order chi connectivity index (χ1) is 7.27. The quantitative estimate of drug-likeness (QED) is 0.773. The van der Waals surface area contributed by atoms with E-state index in [0.717, 1.165) is 15.9 Å². The lowest BCUT2D eigenvalue weighted by molar-refractivity contribution is -0.0879. The lowest BCUT2D eigenvalue weighted by Gasteiger charge is -2.61. The summed E-state index contributed by atoms with van der Waals surface area (Å²) in [7, 11) is 0. The number of carbonyl (C=O) groups is 1. The normalized spacial score (nSPS) is 21.7. The summed E-state index contributed by atoms with van der Waals surface area (Å²) in [5.41, 5.74) is 0.139. The second kappa shape index (κ2) is 3.57. The molecule has 16 heavy (non-hydrogen) atoms. The fourth-order valence-corrected chi connectivity index (χ4v) is 3.44. The molecule has 0 radical (unpaired) electrons. The van der Waals surface area contributed by atoms with Crippen molar-refractivity contribution in [2.75, 3.05) is 6.54 Å². The van der Waals surface area contributed by atoms with Crippen LogP contribution in [-0.4, -0.2) is 22.9 Å². The van der Waals surface area contributed by atoms with Gasteiger partial charge in [0.2, 0.25) is 0 Å². The van der Waals surface area contributed by atoms with Crippen molar-refractivity contribution in [1.29, 1.82) is 0 Å². The van der Waals surface area contributed by atoms with Crippen LogP contribution in [0.3, 0.4) is 0 Å². The van der Waals surface area contributed by atoms with Gasteiger partial charge < -0.3 is 4.90 Å². The standard InChI is InChI=1S/C12H16BrNOS/c1-11(2)7-14(12(11,3)4)10(15)9-8(13)5-6-16-9/h5-6H,7H2,1-4H3. The van der Waals surface area contributed by atoms with Gasteiger partial charge in [-0.1, -0.05) is 13.8 Å². The molecule has 0 aromatic carbocycles. The third kappa shape index (κ3) is 1.54. The number of hydrogen-bond acceptors (Lipinski definition) is 2. The fourth-order valence-electron chi connectivity index (χ4n) is 1.96. The minimum absolute atomic E-state index is 0.0620. The highest BCUT2D eigenvalue weighted by Gasteiger charge is 2.54. The van der Waals surface area contributed by atoms with Crippen LogP contribution in [0, 0.1) is 5.41 Å². The third-order valence-corrected chi connectivity index (χ3v) is 5.77. The number of thiophene rings is 1. The molecule has 1 fully saturated rings. The largest absolute Gasteiger partial charge is 0.332 e. The predicted molar refractivity (Wildman–Crippen MR) is 70.9 cm³/mol. The Morgan fingerprint density at radius 1 is 1.44 bits per heavy atom. The molecule has 1 aliphatic rings. The monoisotopic (exact) mass is 301 g/mol. The number of hydrogen-bond donors (Lipinski definition) is 0. The summed E-state index contributed by atoms with van der Waals surface area (Å²) in [5, 5.41) is 1.94. The van der Waals surface area contributed by atoms with Crippen LogP contribution in [-0.2, 0) is 0 Å². The number of halogens is 1. The molecule has 0 spiro atoms. The van der Waals surface area contributed by atoms with Crippen molar-refractivity contribution in [3.8, 4) is 0 Å². The van der Waals surface area contributed by atoms with E-state index in [1.165, 1.54) is 11.3 Å². The number of amides is 1. The van der Waals surface area contributed by atoms with Gasteiger partial charge in [-0.2, -0.15) is 0 Å². The van der Waals surface area contributed by atoms with Crippen molar-refractivity contribution in [2.24, 2.45) is 5.41 Å². The van der Waals surface area contributed by atoms with Gasteiger partial charge in [0.25, 0.3) is 5.91 Å². The molecule has 0 N–H and O–H groups in total. The Labute approximate surface area is 109 Å². The molecule has 4 heteroatoms. The van der Waals surface area contributed by atoms with Crippen LogP contribution in [0.4, 0.5) is 0 Å². The number of likely N-dealkylation sites (tertiary alicyclic amines) is 1. The van der Waals surface area contributed by atoms with Crippen LogP contribution < -0.4 is 0 Å². The molecule has 0 unspecified atom stereocenters. The van der Waals surface area contributed by atoms with Crippen LogP contribution in [0.5, 0.6) is 0 Å². The first-order valence-corrected chi connectivity index (χ1v) is 6.99. The molecule has 2 rings (SSSR count). The van der Waals surface area contributed by atoms with Crippen LogP contribution in [0.15, 0.2) is 15.9 Å². The van der Waals surface area contributed by atoms with Crippen molar-refractivity contribution >= 4 is 33.2 Å². The predicted octanol–water partition coefficient (Wildman–Crippen LogP) is 3.77. The van der Waals surface area contributed by atoms with Gasteiger partial charge in [0, 0.05) is 22.0 Å². The fraction of sp³-hybridized carbons (Fsp3) is 0.583. The van der Waals surface area contributed by atoms with E-state index >= 15 is 0 Å². The summed E-state index contributed by atoms with van der Waals surface area (Å²) >= 11 is 4.92. The van der Waals surface area contributed by atoms with Crippen molar-refractivity contribution in [3.05, 3.63) is 20.8 Å².